The molecule has 3 nitrogen and oxygen atoms in total. The van der Waals surface area contributed by atoms with Crippen molar-refractivity contribution in [3.05, 3.63) is 65.3 Å². The van der Waals surface area contributed by atoms with Gasteiger partial charge in [0, 0.05) is 10.0 Å². The molecule has 0 radical (unpaired) electrons. The van der Waals surface area contributed by atoms with Crippen LogP contribution in [0.2, 0.25) is 0 Å². The Morgan fingerprint density at radius 2 is 1.61 bits per heavy atom. The highest BCUT2D eigenvalue weighted by molar-refractivity contribution is 9.10. The van der Waals surface area contributed by atoms with Crippen LogP contribution >= 0.6 is 15.9 Å². The van der Waals surface area contributed by atoms with Crippen LogP contribution < -0.4 is 0 Å². The molecule has 1 heterocycles. The van der Waals surface area contributed by atoms with E-state index in [-0.39, 0.29) is 0 Å². The summed E-state index contributed by atoms with van der Waals surface area (Å²) in [6.45, 7) is 0. The van der Waals surface area contributed by atoms with Gasteiger partial charge in [0.2, 0.25) is 0 Å². The average molecular weight is 300 g/mol. The fourth-order valence-electron chi connectivity index (χ4n) is 1.76. The van der Waals surface area contributed by atoms with Crippen molar-refractivity contribution in [1.29, 1.82) is 0 Å². The molecule has 0 aliphatic rings. The third-order valence-electron chi connectivity index (χ3n) is 2.66. The van der Waals surface area contributed by atoms with Gasteiger partial charge >= 0.3 is 0 Å². The van der Waals surface area contributed by atoms with Crippen LogP contribution in [-0.2, 0) is 0 Å². The van der Waals surface area contributed by atoms with E-state index in [9.17, 15) is 0 Å². The van der Waals surface area contributed by atoms with E-state index in [0.29, 0.717) is 0 Å². The second kappa shape index (κ2) is 4.74. The van der Waals surface area contributed by atoms with E-state index < -0.39 is 0 Å². The predicted octanol–water partition coefficient (Wildman–Crippen LogP) is 3.70. The SMILES string of the molecule is Brc1ccccc1-n1cc(-c2ccccc2)nn1. The van der Waals surface area contributed by atoms with Gasteiger partial charge in [0.15, 0.2) is 0 Å². The molecule has 0 amide bonds. The molecular weight excluding hydrogens is 290 g/mol. The molecule has 0 atom stereocenters. The lowest BCUT2D eigenvalue weighted by molar-refractivity contribution is 0.801. The molecule has 0 saturated carbocycles. The summed E-state index contributed by atoms with van der Waals surface area (Å²) in [5, 5.41) is 8.36. The van der Waals surface area contributed by atoms with Crippen molar-refractivity contribution in [3.63, 3.8) is 0 Å². The monoisotopic (exact) mass is 299 g/mol. The number of aromatic nitrogens is 3. The summed E-state index contributed by atoms with van der Waals surface area (Å²) in [7, 11) is 0. The first-order chi connectivity index (χ1) is 8.84. The van der Waals surface area contributed by atoms with Gasteiger partial charge in [-0.05, 0) is 28.1 Å². The van der Waals surface area contributed by atoms with Gasteiger partial charge in [-0.15, -0.1) is 5.10 Å². The first-order valence-corrected chi connectivity index (χ1v) is 6.36. The molecule has 0 aliphatic carbocycles. The molecule has 3 rings (SSSR count). The lowest BCUT2D eigenvalue weighted by Gasteiger charge is -2.01. The van der Waals surface area contributed by atoms with Gasteiger partial charge < -0.3 is 0 Å². The number of hydrogen-bond donors (Lipinski definition) is 0. The van der Waals surface area contributed by atoms with E-state index >= 15 is 0 Å². The standard InChI is InChI=1S/C14H10BrN3/c15-12-8-4-5-9-14(12)18-10-13(16-17-18)11-6-2-1-3-7-11/h1-10H. The molecule has 4 heteroatoms. The van der Waals surface area contributed by atoms with Crippen LogP contribution in [0.3, 0.4) is 0 Å². The van der Waals surface area contributed by atoms with Crippen LogP contribution in [0, 0.1) is 0 Å². The Labute approximate surface area is 113 Å². The summed E-state index contributed by atoms with van der Waals surface area (Å²) in [5.41, 5.74) is 2.91. The van der Waals surface area contributed by atoms with E-state index in [1.807, 2.05) is 60.8 Å². The van der Waals surface area contributed by atoms with Crippen molar-refractivity contribution >= 4 is 15.9 Å². The largest absolute Gasteiger partial charge is 0.219 e. The highest BCUT2D eigenvalue weighted by Crippen LogP contribution is 2.22. The van der Waals surface area contributed by atoms with E-state index in [4.69, 9.17) is 0 Å². The van der Waals surface area contributed by atoms with Crippen molar-refractivity contribution < 1.29 is 0 Å². The van der Waals surface area contributed by atoms with E-state index in [0.717, 1.165) is 21.4 Å². The van der Waals surface area contributed by atoms with E-state index in [1.54, 1.807) is 4.68 Å². The normalized spacial score (nSPS) is 10.5. The molecular formula is C14H10BrN3. The molecule has 18 heavy (non-hydrogen) atoms. The third kappa shape index (κ3) is 2.07. The quantitative estimate of drug-likeness (QED) is 0.722. The van der Waals surface area contributed by atoms with Crippen LogP contribution in [0.4, 0.5) is 0 Å². The van der Waals surface area contributed by atoms with Crippen LogP contribution in [0.25, 0.3) is 16.9 Å². The number of nitrogens with zero attached hydrogens (tertiary/aromatic N) is 3. The molecule has 0 unspecified atom stereocenters. The summed E-state index contributed by atoms with van der Waals surface area (Å²) < 4.78 is 2.77. The molecule has 1 aromatic heterocycles. The molecule has 0 N–H and O–H groups in total. The molecule has 3 aromatic rings. The zero-order chi connectivity index (χ0) is 12.4. The van der Waals surface area contributed by atoms with Gasteiger partial charge in [-0.25, -0.2) is 4.68 Å². The van der Waals surface area contributed by atoms with Gasteiger partial charge in [0.05, 0.1) is 11.9 Å². The van der Waals surface area contributed by atoms with E-state index in [2.05, 4.69) is 26.2 Å². The Balaban J connectivity index is 2.03. The fourth-order valence-corrected chi connectivity index (χ4v) is 2.23. The molecule has 0 aliphatic heterocycles. The summed E-state index contributed by atoms with van der Waals surface area (Å²) in [6.07, 6.45) is 1.93. The Morgan fingerprint density at radius 1 is 0.889 bits per heavy atom. The number of hydrogen-bond acceptors (Lipinski definition) is 2. The average Bonchev–Trinajstić information content (AvgIpc) is 2.90. The smallest absolute Gasteiger partial charge is 0.113 e. The summed E-state index contributed by atoms with van der Waals surface area (Å²) in [5.74, 6) is 0. The van der Waals surface area contributed by atoms with Crippen LogP contribution in [0.5, 0.6) is 0 Å². The topological polar surface area (TPSA) is 30.7 Å². The van der Waals surface area contributed by atoms with Gasteiger partial charge in [0.25, 0.3) is 0 Å². The lowest BCUT2D eigenvalue weighted by Crippen LogP contribution is -1.95. The minimum Gasteiger partial charge on any atom is -0.219 e. The molecule has 88 valence electrons. The Morgan fingerprint density at radius 3 is 2.39 bits per heavy atom. The number of rotatable bonds is 2. The maximum Gasteiger partial charge on any atom is 0.113 e. The zero-order valence-electron chi connectivity index (χ0n) is 9.49. The van der Waals surface area contributed by atoms with Gasteiger partial charge in [-0.1, -0.05) is 47.7 Å². The Hall–Kier alpha value is -1.94. The first-order valence-electron chi connectivity index (χ1n) is 5.57. The van der Waals surface area contributed by atoms with Gasteiger partial charge in [0.1, 0.15) is 5.69 Å². The lowest BCUT2D eigenvalue weighted by atomic mass is 10.2. The van der Waals surface area contributed by atoms with Gasteiger partial charge in [-0.3, -0.25) is 0 Å². The Kier molecular flexibility index (Phi) is 2.94. The third-order valence-corrected chi connectivity index (χ3v) is 3.33. The molecule has 0 saturated heterocycles. The van der Waals surface area contributed by atoms with Gasteiger partial charge in [-0.2, -0.15) is 0 Å². The van der Waals surface area contributed by atoms with Crippen LogP contribution in [-0.4, -0.2) is 15.0 Å². The zero-order valence-corrected chi connectivity index (χ0v) is 11.1. The second-order valence-corrected chi connectivity index (χ2v) is 4.72. The fraction of sp³-hybridized carbons (Fsp3) is 0. The maximum absolute atomic E-state index is 4.20. The molecule has 0 bridgehead atoms. The minimum absolute atomic E-state index is 0.867. The van der Waals surface area contributed by atoms with Crippen molar-refractivity contribution in [2.45, 2.75) is 0 Å². The summed E-state index contributed by atoms with van der Waals surface area (Å²) in [4.78, 5) is 0. The predicted molar refractivity (Wildman–Crippen MR) is 74.5 cm³/mol. The highest BCUT2D eigenvalue weighted by atomic mass is 79.9. The first kappa shape index (κ1) is 11.2. The molecule has 0 spiro atoms. The maximum atomic E-state index is 4.20. The summed E-state index contributed by atoms with van der Waals surface area (Å²) in [6, 6.07) is 17.9. The summed E-state index contributed by atoms with van der Waals surface area (Å²) >= 11 is 3.51. The van der Waals surface area contributed by atoms with Crippen molar-refractivity contribution in [2.75, 3.05) is 0 Å². The van der Waals surface area contributed by atoms with E-state index in [1.165, 1.54) is 0 Å². The van der Waals surface area contributed by atoms with Crippen molar-refractivity contribution in [1.82, 2.24) is 15.0 Å². The van der Waals surface area contributed by atoms with Crippen LogP contribution in [0.15, 0.2) is 65.3 Å². The second-order valence-electron chi connectivity index (χ2n) is 3.87. The number of benzene rings is 2. The van der Waals surface area contributed by atoms with Crippen molar-refractivity contribution in [2.24, 2.45) is 0 Å². The van der Waals surface area contributed by atoms with Crippen LogP contribution in [0.1, 0.15) is 0 Å². The molecule has 0 fully saturated rings. The minimum atomic E-state index is 0.867. The number of halogens is 1. The Bertz CT molecular complexity index is 662. The highest BCUT2D eigenvalue weighted by Gasteiger charge is 2.06. The number of para-hydroxylation sites is 1. The van der Waals surface area contributed by atoms with Crippen molar-refractivity contribution in [3.8, 4) is 16.9 Å². The molecule has 2 aromatic carbocycles.